The molecule has 0 N–H and O–H groups in total. The van der Waals surface area contributed by atoms with Crippen molar-refractivity contribution in [2.24, 2.45) is 0 Å². The van der Waals surface area contributed by atoms with Crippen molar-refractivity contribution in [2.75, 3.05) is 6.26 Å². The molecule has 6 heteroatoms. The van der Waals surface area contributed by atoms with Crippen LogP contribution in [-0.4, -0.2) is 20.9 Å². The first kappa shape index (κ1) is 10.7. The number of aromatic nitrogens is 3. The molecule has 0 saturated heterocycles. The molecule has 2 heterocycles. The molecule has 3 aromatic rings. The lowest BCUT2D eigenvalue weighted by molar-refractivity contribution is 0.627. The van der Waals surface area contributed by atoms with Crippen LogP contribution in [0.5, 0.6) is 0 Å². The van der Waals surface area contributed by atoms with Crippen LogP contribution in [0, 0.1) is 5.82 Å². The molecule has 0 aliphatic heterocycles. The summed E-state index contributed by atoms with van der Waals surface area (Å²) in [4.78, 5) is 5.80. The van der Waals surface area contributed by atoms with E-state index in [1.165, 1.54) is 29.2 Å². The lowest BCUT2D eigenvalue weighted by Gasteiger charge is -2.00. The zero-order valence-electron chi connectivity index (χ0n) is 8.92. The minimum atomic E-state index is -0.242. The first-order valence-electron chi connectivity index (χ1n) is 4.92. The number of thioether (sulfide) groups is 1. The van der Waals surface area contributed by atoms with Crippen LogP contribution < -0.4 is 0 Å². The molecule has 0 atom stereocenters. The van der Waals surface area contributed by atoms with Crippen molar-refractivity contribution in [3.8, 4) is 10.6 Å². The SMILES string of the molecule is CSc1ccc(-c2nn3ccnc3s2)c(F)c1. The molecule has 1 aromatic carbocycles. The van der Waals surface area contributed by atoms with Gasteiger partial charge < -0.3 is 0 Å². The third-order valence-corrected chi connectivity index (χ3v) is 4.08. The van der Waals surface area contributed by atoms with Gasteiger partial charge in [0.1, 0.15) is 5.82 Å². The minimum Gasteiger partial charge on any atom is -0.226 e. The maximum Gasteiger partial charge on any atom is 0.212 e. The van der Waals surface area contributed by atoms with Crippen molar-refractivity contribution in [3.05, 3.63) is 36.4 Å². The van der Waals surface area contributed by atoms with E-state index in [1.807, 2.05) is 12.3 Å². The van der Waals surface area contributed by atoms with Crippen LogP contribution in [0.1, 0.15) is 0 Å². The Kier molecular flexibility index (Phi) is 2.60. The smallest absolute Gasteiger partial charge is 0.212 e. The zero-order valence-corrected chi connectivity index (χ0v) is 10.6. The highest BCUT2D eigenvalue weighted by molar-refractivity contribution is 7.98. The van der Waals surface area contributed by atoms with Gasteiger partial charge in [-0.3, -0.25) is 0 Å². The largest absolute Gasteiger partial charge is 0.226 e. The van der Waals surface area contributed by atoms with Crippen LogP contribution in [-0.2, 0) is 0 Å². The summed E-state index contributed by atoms with van der Waals surface area (Å²) in [6.45, 7) is 0. The van der Waals surface area contributed by atoms with E-state index in [9.17, 15) is 4.39 Å². The average Bonchev–Trinajstić information content (AvgIpc) is 2.89. The number of imidazole rings is 1. The van der Waals surface area contributed by atoms with Crippen molar-refractivity contribution in [3.63, 3.8) is 0 Å². The van der Waals surface area contributed by atoms with Crippen molar-refractivity contribution >= 4 is 28.1 Å². The quantitative estimate of drug-likeness (QED) is 0.666. The second-order valence-electron chi connectivity index (χ2n) is 3.41. The Morgan fingerprint density at radius 2 is 2.29 bits per heavy atom. The van der Waals surface area contributed by atoms with Crippen LogP contribution in [0.25, 0.3) is 15.5 Å². The Labute approximate surface area is 105 Å². The summed E-state index contributed by atoms with van der Waals surface area (Å²) in [5.74, 6) is -0.242. The molecule has 0 saturated carbocycles. The first-order valence-corrected chi connectivity index (χ1v) is 6.96. The molecule has 0 radical (unpaired) electrons. The molecule has 2 aromatic heterocycles. The van der Waals surface area contributed by atoms with Gasteiger partial charge in [-0.2, -0.15) is 5.10 Å². The Morgan fingerprint density at radius 1 is 1.41 bits per heavy atom. The minimum absolute atomic E-state index is 0.242. The number of hydrogen-bond donors (Lipinski definition) is 0. The molecule has 0 aliphatic rings. The third kappa shape index (κ3) is 1.83. The number of rotatable bonds is 2. The van der Waals surface area contributed by atoms with Gasteiger partial charge in [-0.25, -0.2) is 13.9 Å². The molecule has 0 aliphatic carbocycles. The van der Waals surface area contributed by atoms with E-state index < -0.39 is 0 Å². The van der Waals surface area contributed by atoms with Gasteiger partial charge >= 0.3 is 0 Å². The van der Waals surface area contributed by atoms with E-state index in [0.717, 1.165) is 9.86 Å². The summed E-state index contributed by atoms with van der Waals surface area (Å²) in [6.07, 6.45) is 5.35. The summed E-state index contributed by atoms with van der Waals surface area (Å²) in [6, 6.07) is 5.19. The van der Waals surface area contributed by atoms with Gasteiger partial charge in [0.15, 0.2) is 5.01 Å². The van der Waals surface area contributed by atoms with Crippen LogP contribution >= 0.6 is 23.1 Å². The van der Waals surface area contributed by atoms with Crippen molar-refractivity contribution in [2.45, 2.75) is 4.90 Å². The molecular weight excluding hydrogens is 257 g/mol. The highest BCUT2D eigenvalue weighted by Crippen LogP contribution is 2.29. The monoisotopic (exact) mass is 265 g/mol. The number of benzene rings is 1. The van der Waals surface area contributed by atoms with Gasteiger partial charge in [0.2, 0.25) is 4.96 Å². The molecule has 0 fully saturated rings. The van der Waals surface area contributed by atoms with Crippen molar-refractivity contribution in [1.29, 1.82) is 0 Å². The van der Waals surface area contributed by atoms with Gasteiger partial charge in [-0.1, -0.05) is 11.3 Å². The van der Waals surface area contributed by atoms with Crippen molar-refractivity contribution < 1.29 is 4.39 Å². The summed E-state index contributed by atoms with van der Waals surface area (Å²) in [5, 5.41) is 4.94. The molecule has 86 valence electrons. The van der Waals surface area contributed by atoms with E-state index in [0.29, 0.717) is 10.6 Å². The highest BCUT2D eigenvalue weighted by atomic mass is 32.2. The van der Waals surface area contributed by atoms with Gasteiger partial charge in [0.25, 0.3) is 0 Å². The van der Waals surface area contributed by atoms with Crippen LogP contribution in [0.15, 0.2) is 35.5 Å². The number of fused-ring (bicyclic) bond motifs is 1. The lowest BCUT2D eigenvalue weighted by Crippen LogP contribution is -1.86. The van der Waals surface area contributed by atoms with E-state index >= 15 is 0 Å². The molecular formula is C11H8FN3S2. The van der Waals surface area contributed by atoms with Crippen LogP contribution in [0.2, 0.25) is 0 Å². The molecule has 0 amide bonds. The summed E-state index contributed by atoms with van der Waals surface area (Å²) >= 11 is 2.90. The second-order valence-corrected chi connectivity index (χ2v) is 5.24. The fraction of sp³-hybridized carbons (Fsp3) is 0.0909. The number of halogens is 1. The zero-order chi connectivity index (χ0) is 11.8. The number of hydrogen-bond acceptors (Lipinski definition) is 4. The predicted octanol–water partition coefficient (Wildman–Crippen LogP) is 3.32. The summed E-state index contributed by atoms with van der Waals surface area (Å²) in [5.41, 5.74) is 0.526. The maximum absolute atomic E-state index is 13.9. The Morgan fingerprint density at radius 3 is 3.00 bits per heavy atom. The molecule has 0 spiro atoms. The van der Waals surface area contributed by atoms with E-state index in [4.69, 9.17) is 0 Å². The second kappa shape index (κ2) is 4.12. The van der Waals surface area contributed by atoms with Crippen molar-refractivity contribution in [1.82, 2.24) is 14.6 Å². The Bertz CT molecular complexity index is 646. The van der Waals surface area contributed by atoms with Gasteiger partial charge in [0, 0.05) is 16.7 Å². The topological polar surface area (TPSA) is 30.2 Å². The average molecular weight is 265 g/mol. The Hall–Kier alpha value is -1.40. The van der Waals surface area contributed by atoms with Gasteiger partial charge in [-0.15, -0.1) is 11.8 Å². The molecule has 0 bridgehead atoms. The standard InChI is InChI=1S/C11H8FN3S2/c1-16-7-2-3-8(9(12)6-7)10-14-15-5-4-13-11(15)17-10/h2-6H,1H3. The normalized spacial score (nSPS) is 11.2. The summed E-state index contributed by atoms with van der Waals surface area (Å²) in [7, 11) is 0. The van der Waals surface area contributed by atoms with E-state index in [-0.39, 0.29) is 5.82 Å². The third-order valence-electron chi connectivity index (χ3n) is 2.38. The van der Waals surface area contributed by atoms with E-state index in [1.54, 1.807) is 23.0 Å². The van der Waals surface area contributed by atoms with Crippen LogP contribution in [0.3, 0.4) is 0 Å². The Balaban J connectivity index is 2.12. The molecule has 3 rings (SSSR count). The summed E-state index contributed by atoms with van der Waals surface area (Å²) < 4.78 is 15.5. The number of nitrogens with zero attached hydrogens (tertiary/aromatic N) is 3. The van der Waals surface area contributed by atoms with Crippen LogP contribution in [0.4, 0.5) is 4.39 Å². The fourth-order valence-electron chi connectivity index (χ4n) is 1.54. The predicted molar refractivity (Wildman–Crippen MR) is 68.0 cm³/mol. The lowest BCUT2D eigenvalue weighted by atomic mass is 10.2. The molecule has 3 nitrogen and oxygen atoms in total. The highest BCUT2D eigenvalue weighted by Gasteiger charge is 2.11. The fourth-order valence-corrected chi connectivity index (χ4v) is 2.85. The van der Waals surface area contributed by atoms with E-state index in [2.05, 4.69) is 10.1 Å². The molecule has 17 heavy (non-hydrogen) atoms. The van der Waals surface area contributed by atoms with Gasteiger partial charge in [0.05, 0.1) is 6.20 Å². The maximum atomic E-state index is 13.9. The van der Waals surface area contributed by atoms with Gasteiger partial charge in [-0.05, 0) is 24.5 Å². The molecule has 0 unspecified atom stereocenters. The first-order chi connectivity index (χ1) is 8.28.